The molecule has 3 atom stereocenters. The zero-order chi connectivity index (χ0) is 29.9. The summed E-state index contributed by atoms with van der Waals surface area (Å²) in [6.07, 6.45) is -2.03. The van der Waals surface area contributed by atoms with Crippen molar-refractivity contribution in [1.29, 1.82) is 0 Å². The van der Waals surface area contributed by atoms with Gasteiger partial charge in [-0.3, -0.25) is 9.36 Å². The van der Waals surface area contributed by atoms with Crippen molar-refractivity contribution in [2.45, 2.75) is 51.0 Å². The second kappa shape index (κ2) is 12.4. The van der Waals surface area contributed by atoms with Crippen LogP contribution in [0.2, 0.25) is 0 Å². The molecule has 0 bridgehead atoms. The largest absolute Gasteiger partial charge is 0.508 e. The SMILES string of the molecule is Cc1cn([C@H]2C[C@H](OC(=O)OCC3c4ccccc4-c4ccccc43)[C@@H](CO)O2)c(=O)n(COCc2ccccc2)c1=O. The average molecular weight is 585 g/mol. The highest BCUT2D eigenvalue weighted by atomic mass is 16.7. The van der Waals surface area contributed by atoms with Gasteiger partial charge in [-0.05, 0) is 34.7 Å². The molecule has 1 aromatic heterocycles. The van der Waals surface area contributed by atoms with Crippen LogP contribution < -0.4 is 11.2 Å². The summed E-state index contributed by atoms with van der Waals surface area (Å²) in [7, 11) is 0. The summed E-state index contributed by atoms with van der Waals surface area (Å²) in [5, 5.41) is 9.96. The summed E-state index contributed by atoms with van der Waals surface area (Å²) in [5.74, 6) is -0.132. The maximum absolute atomic E-state index is 13.3. The second-order valence-corrected chi connectivity index (χ2v) is 10.7. The van der Waals surface area contributed by atoms with Crippen molar-refractivity contribution < 1.29 is 28.8 Å². The fourth-order valence-electron chi connectivity index (χ4n) is 5.81. The van der Waals surface area contributed by atoms with Crippen LogP contribution >= 0.6 is 0 Å². The van der Waals surface area contributed by atoms with E-state index >= 15 is 0 Å². The number of aryl methyl sites for hydroxylation is 1. The lowest BCUT2D eigenvalue weighted by Crippen LogP contribution is -2.42. The van der Waals surface area contributed by atoms with Crippen LogP contribution in [0.5, 0.6) is 0 Å². The first-order valence-corrected chi connectivity index (χ1v) is 14.2. The third kappa shape index (κ3) is 5.77. The molecule has 0 spiro atoms. The van der Waals surface area contributed by atoms with E-state index in [4.69, 9.17) is 18.9 Å². The standard InChI is InChI=1S/C33H32N2O8/c1-21-16-34(32(38)35(31(21)37)20-40-18-22-9-3-2-4-10-22)30-15-28(29(17-36)42-30)43-33(39)41-19-27-25-13-7-5-11-23(25)24-12-6-8-14-26(24)27/h2-14,16,27-30,36H,15,17-20H2,1H3/t28-,29+,30+/m0/s1. The van der Waals surface area contributed by atoms with Gasteiger partial charge in [0.15, 0.2) is 0 Å². The molecule has 1 saturated heterocycles. The second-order valence-electron chi connectivity index (χ2n) is 10.7. The highest BCUT2D eigenvalue weighted by molar-refractivity contribution is 5.79. The predicted octanol–water partition coefficient (Wildman–Crippen LogP) is 4.11. The number of benzene rings is 3. The number of rotatable bonds is 9. The molecule has 10 heteroatoms. The molecule has 1 fully saturated rings. The van der Waals surface area contributed by atoms with E-state index in [0.717, 1.165) is 32.4 Å². The van der Waals surface area contributed by atoms with E-state index in [-0.39, 0.29) is 32.3 Å². The first-order chi connectivity index (χ1) is 20.9. The Balaban J connectivity index is 1.12. The molecule has 222 valence electrons. The van der Waals surface area contributed by atoms with Crippen LogP contribution in [0.15, 0.2) is 94.6 Å². The quantitative estimate of drug-likeness (QED) is 0.292. The monoisotopic (exact) mass is 584 g/mol. The highest BCUT2D eigenvalue weighted by Gasteiger charge is 2.40. The lowest BCUT2D eigenvalue weighted by Gasteiger charge is -2.18. The number of aliphatic hydroxyl groups excluding tert-OH is 1. The summed E-state index contributed by atoms with van der Waals surface area (Å²) in [5.41, 5.74) is 4.48. The maximum atomic E-state index is 13.3. The van der Waals surface area contributed by atoms with Gasteiger partial charge in [0, 0.05) is 24.1 Å². The lowest BCUT2D eigenvalue weighted by atomic mass is 9.98. The number of nitrogens with zero attached hydrogens (tertiary/aromatic N) is 2. The molecule has 6 rings (SSSR count). The topological polar surface area (TPSA) is 118 Å². The fraction of sp³-hybridized carbons (Fsp3) is 0.303. The highest BCUT2D eigenvalue weighted by Crippen LogP contribution is 2.44. The number of carbonyl (C=O) groups excluding carboxylic acids is 1. The third-order valence-corrected chi connectivity index (χ3v) is 7.95. The van der Waals surface area contributed by atoms with Crippen molar-refractivity contribution >= 4 is 6.16 Å². The third-order valence-electron chi connectivity index (χ3n) is 7.95. The minimum atomic E-state index is -0.891. The number of fused-ring (bicyclic) bond motifs is 3. The van der Waals surface area contributed by atoms with Crippen LogP contribution in [0.25, 0.3) is 11.1 Å². The van der Waals surface area contributed by atoms with Gasteiger partial charge in [-0.25, -0.2) is 14.2 Å². The van der Waals surface area contributed by atoms with Gasteiger partial charge in [-0.15, -0.1) is 0 Å². The lowest BCUT2D eigenvalue weighted by molar-refractivity contribution is -0.0585. The minimum Gasteiger partial charge on any atom is -0.433 e. The van der Waals surface area contributed by atoms with Gasteiger partial charge >= 0.3 is 11.8 Å². The molecule has 43 heavy (non-hydrogen) atoms. The molecule has 2 heterocycles. The first-order valence-electron chi connectivity index (χ1n) is 14.2. The van der Waals surface area contributed by atoms with Crippen LogP contribution in [0.1, 0.15) is 40.8 Å². The van der Waals surface area contributed by atoms with Gasteiger partial charge in [0.2, 0.25) is 0 Å². The van der Waals surface area contributed by atoms with E-state index in [9.17, 15) is 19.5 Å². The Hall–Kier alpha value is -4.51. The molecule has 4 aromatic rings. The zero-order valence-electron chi connectivity index (χ0n) is 23.6. The van der Waals surface area contributed by atoms with Gasteiger partial charge in [-0.2, -0.15) is 0 Å². The maximum Gasteiger partial charge on any atom is 0.508 e. The number of aliphatic hydroxyl groups is 1. The molecule has 10 nitrogen and oxygen atoms in total. The average Bonchev–Trinajstić information content (AvgIpc) is 3.58. The Kier molecular flexibility index (Phi) is 8.24. The molecule has 0 unspecified atom stereocenters. The Morgan fingerprint density at radius 3 is 2.28 bits per heavy atom. The van der Waals surface area contributed by atoms with Gasteiger partial charge in [-0.1, -0.05) is 78.9 Å². The molecule has 1 N–H and O–H groups in total. The van der Waals surface area contributed by atoms with Gasteiger partial charge in [0.05, 0.1) is 13.2 Å². The minimum absolute atomic E-state index is 0.0812. The van der Waals surface area contributed by atoms with Crippen molar-refractivity contribution in [3.05, 3.63) is 128 Å². The van der Waals surface area contributed by atoms with E-state index in [0.29, 0.717) is 5.56 Å². The zero-order valence-corrected chi connectivity index (χ0v) is 23.6. The summed E-state index contributed by atoms with van der Waals surface area (Å²) < 4.78 is 25.0. The molecular formula is C33H32N2O8. The molecule has 2 aliphatic rings. The number of ether oxygens (including phenoxy) is 4. The molecule has 3 aromatic carbocycles. The van der Waals surface area contributed by atoms with Gasteiger partial charge in [0.1, 0.15) is 31.8 Å². The smallest absolute Gasteiger partial charge is 0.433 e. The van der Waals surface area contributed by atoms with Crippen molar-refractivity contribution in [3.8, 4) is 11.1 Å². The van der Waals surface area contributed by atoms with Crippen LogP contribution in [-0.4, -0.2) is 45.8 Å². The summed E-state index contributed by atoms with van der Waals surface area (Å²) in [4.78, 5) is 38.9. The Morgan fingerprint density at radius 2 is 1.60 bits per heavy atom. The number of hydrogen-bond acceptors (Lipinski definition) is 8. The molecule has 0 saturated carbocycles. The molecule has 0 radical (unpaired) electrons. The van der Waals surface area contributed by atoms with Crippen LogP contribution in [0.3, 0.4) is 0 Å². The van der Waals surface area contributed by atoms with Crippen molar-refractivity contribution in [2.24, 2.45) is 0 Å². The number of aromatic nitrogens is 2. The molecular weight excluding hydrogens is 552 g/mol. The molecule has 1 aliphatic carbocycles. The first kappa shape index (κ1) is 28.6. The van der Waals surface area contributed by atoms with E-state index < -0.39 is 42.4 Å². The Bertz CT molecular complexity index is 1690. The predicted molar refractivity (Wildman–Crippen MR) is 156 cm³/mol. The van der Waals surface area contributed by atoms with Crippen molar-refractivity contribution in [3.63, 3.8) is 0 Å². The van der Waals surface area contributed by atoms with Gasteiger partial charge in [0.25, 0.3) is 5.56 Å². The van der Waals surface area contributed by atoms with Gasteiger partial charge < -0.3 is 24.1 Å². The Labute approximate surface area is 247 Å². The van der Waals surface area contributed by atoms with Crippen molar-refractivity contribution in [1.82, 2.24) is 9.13 Å². The molecule has 1 aliphatic heterocycles. The van der Waals surface area contributed by atoms with E-state index in [1.54, 1.807) is 6.92 Å². The van der Waals surface area contributed by atoms with Crippen molar-refractivity contribution in [2.75, 3.05) is 13.2 Å². The van der Waals surface area contributed by atoms with Crippen LogP contribution in [-0.2, 0) is 32.3 Å². The van der Waals surface area contributed by atoms with E-state index in [1.807, 2.05) is 66.7 Å². The van der Waals surface area contributed by atoms with Crippen LogP contribution in [0, 0.1) is 6.92 Å². The molecule has 0 amide bonds. The number of hydrogen-bond donors (Lipinski definition) is 1. The fourth-order valence-corrected chi connectivity index (χ4v) is 5.81. The van der Waals surface area contributed by atoms with Crippen LogP contribution in [0.4, 0.5) is 4.79 Å². The normalized spacial score (nSPS) is 19.2. The Morgan fingerprint density at radius 1 is 0.953 bits per heavy atom. The van der Waals surface area contributed by atoms with E-state index in [1.165, 1.54) is 10.8 Å². The summed E-state index contributed by atoms with van der Waals surface area (Å²) >= 11 is 0. The number of carbonyl (C=O) groups is 1. The summed E-state index contributed by atoms with van der Waals surface area (Å²) in [6, 6.07) is 25.4. The van der Waals surface area contributed by atoms with E-state index in [2.05, 4.69) is 12.1 Å². The summed E-state index contributed by atoms with van der Waals surface area (Å²) in [6.45, 7) is 1.22.